The van der Waals surface area contributed by atoms with Crippen LogP contribution in [0.4, 0.5) is 0 Å². The number of fused-ring (bicyclic) bond motifs is 1. The van der Waals surface area contributed by atoms with Gasteiger partial charge in [-0.25, -0.2) is 4.98 Å². The molecular formula is C11H11ClIN3. The number of rotatable bonds is 1. The van der Waals surface area contributed by atoms with Crippen molar-refractivity contribution in [3.8, 4) is 0 Å². The molecule has 16 heavy (non-hydrogen) atoms. The van der Waals surface area contributed by atoms with Crippen LogP contribution in [-0.2, 0) is 0 Å². The number of halogens is 2. The molecule has 0 saturated heterocycles. The van der Waals surface area contributed by atoms with E-state index in [2.05, 4.69) is 43.2 Å². The van der Waals surface area contributed by atoms with E-state index in [4.69, 9.17) is 11.6 Å². The first-order valence-electron chi connectivity index (χ1n) is 5.44. The van der Waals surface area contributed by atoms with Crippen LogP contribution in [0.3, 0.4) is 0 Å². The minimum atomic E-state index is 0.334. The Hall–Kier alpha value is -0.360. The van der Waals surface area contributed by atoms with E-state index >= 15 is 0 Å². The van der Waals surface area contributed by atoms with Gasteiger partial charge in [-0.2, -0.15) is 4.98 Å². The van der Waals surface area contributed by atoms with Gasteiger partial charge in [-0.15, -0.1) is 0 Å². The first kappa shape index (κ1) is 10.8. The Morgan fingerprint density at radius 3 is 2.88 bits per heavy atom. The van der Waals surface area contributed by atoms with Crippen LogP contribution in [0.1, 0.15) is 31.7 Å². The van der Waals surface area contributed by atoms with Gasteiger partial charge in [-0.3, -0.25) is 0 Å². The van der Waals surface area contributed by atoms with Crippen molar-refractivity contribution in [2.45, 2.75) is 31.7 Å². The summed E-state index contributed by atoms with van der Waals surface area (Å²) in [7, 11) is 0. The molecule has 2 aromatic heterocycles. The van der Waals surface area contributed by atoms with Gasteiger partial charge in [0.1, 0.15) is 5.65 Å². The summed E-state index contributed by atoms with van der Waals surface area (Å²) in [5, 5.41) is 1.42. The van der Waals surface area contributed by atoms with Crippen LogP contribution in [0.2, 0.25) is 5.28 Å². The average molecular weight is 348 g/mol. The molecule has 5 heteroatoms. The molecule has 1 fully saturated rings. The Bertz CT molecular complexity index is 531. The summed E-state index contributed by atoms with van der Waals surface area (Å²) < 4.78 is 3.55. The highest BCUT2D eigenvalue weighted by Gasteiger charge is 2.21. The maximum absolute atomic E-state index is 5.87. The standard InChI is InChI=1S/C11H11ClIN3/c12-11-14-6-7-5-9(13)16(10(7)15-11)8-3-1-2-4-8/h5-6,8H,1-4H2. The van der Waals surface area contributed by atoms with E-state index < -0.39 is 0 Å². The third-order valence-electron chi connectivity index (χ3n) is 3.19. The number of hydrogen-bond acceptors (Lipinski definition) is 2. The quantitative estimate of drug-likeness (QED) is 0.580. The van der Waals surface area contributed by atoms with Gasteiger partial charge in [0, 0.05) is 17.6 Å². The lowest BCUT2D eigenvalue weighted by Crippen LogP contribution is -2.07. The molecular weight excluding hydrogens is 336 g/mol. The molecule has 0 radical (unpaired) electrons. The van der Waals surface area contributed by atoms with Crippen molar-refractivity contribution in [2.75, 3.05) is 0 Å². The van der Waals surface area contributed by atoms with Gasteiger partial charge in [0.15, 0.2) is 0 Å². The molecule has 0 amide bonds. The Balaban J connectivity index is 2.20. The lowest BCUT2D eigenvalue weighted by Gasteiger charge is -2.14. The van der Waals surface area contributed by atoms with Crippen LogP contribution in [0, 0.1) is 3.70 Å². The summed E-state index contributed by atoms with van der Waals surface area (Å²) in [6.07, 6.45) is 6.94. The van der Waals surface area contributed by atoms with Crippen molar-refractivity contribution < 1.29 is 0 Å². The fourth-order valence-electron chi connectivity index (χ4n) is 2.46. The minimum absolute atomic E-state index is 0.334. The number of aromatic nitrogens is 3. The van der Waals surface area contributed by atoms with E-state index in [-0.39, 0.29) is 0 Å². The van der Waals surface area contributed by atoms with Gasteiger partial charge in [0.2, 0.25) is 5.28 Å². The fourth-order valence-corrected chi connectivity index (χ4v) is 3.55. The molecule has 0 bridgehead atoms. The zero-order valence-electron chi connectivity index (χ0n) is 8.66. The molecule has 1 saturated carbocycles. The molecule has 1 aliphatic rings. The number of hydrogen-bond donors (Lipinski definition) is 0. The Labute approximate surface area is 112 Å². The van der Waals surface area contributed by atoms with Crippen LogP contribution < -0.4 is 0 Å². The maximum Gasteiger partial charge on any atom is 0.224 e. The first-order valence-corrected chi connectivity index (χ1v) is 6.90. The Morgan fingerprint density at radius 1 is 1.38 bits per heavy atom. The molecule has 3 rings (SSSR count). The minimum Gasteiger partial charge on any atom is -0.317 e. The van der Waals surface area contributed by atoms with E-state index in [0.29, 0.717) is 11.3 Å². The topological polar surface area (TPSA) is 30.7 Å². The predicted molar refractivity (Wildman–Crippen MR) is 72.8 cm³/mol. The first-order chi connectivity index (χ1) is 7.75. The summed E-state index contributed by atoms with van der Waals surface area (Å²) in [4.78, 5) is 8.38. The molecule has 0 N–H and O–H groups in total. The highest BCUT2D eigenvalue weighted by Crippen LogP contribution is 2.34. The van der Waals surface area contributed by atoms with Crippen LogP contribution in [-0.4, -0.2) is 14.5 Å². The van der Waals surface area contributed by atoms with Crippen molar-refractivity contribution in [3.63, 3.8) is 0 Å². The van der Waals surface area contributed by atoms with Crippen molar-refractivity contribution in [3.05, 3.63) is 21.2 Å². The molecule has 0 spiro atoms. The molecule has 0 atom stereocenters. The smallest absolute Gasteiger partial charge is 0.224 e. The second-order valence-corrected chi connectivity index (χ2v) is 5.64. The summed E-state index contributed by atoms with van der Waals surface area (Å²) in [5.41, 5.74) is 0.983. The summed E-state index contributed by atoms with van der Waals surface area (Å²) >= 11 is 8.24. The largest absolute Gasteiger partial charge is 0.317 e. The van der Waals surface area contributed by atoms with E-state index in [1.54, 1.807) is 6.20 Å². The average Bonchev–Trinajstić information content (AvgIpc) is 2.83. The summed E-state index contributed by atoms with van der Waals surface area (Å²) in [5.74, 6) is 0. The zero-order valence-corrected chi connectivity index (χ0v) is 11.6. The third-order valence-corrected chi connectivity index (χ3v) is 4.20. The monoisotopic (exact) mass is 347 g/mol. The van der Waals surface area contributed by atoms with Gasteiger partial charge < -0.3 is 4.57 Å². The molecule has 0 aliphatic heterocycles. The molecule has 3 nitrogen and oxygen atoms in total. The molecule has 2 heterocycles. The van der Waals surface area contributed by atoms with Crippen LogP contribution >= 0.6 is 34.2 Å². The predicted octanol–water partition coefficient (Wildman–Crippen LogP) is 3.80. The zero-order chi connectivity index (χ0) is 11.1. The van der Waals surface area contributed by atoms with Crippen molar-refractivity contribution >= 4 is 45.2 Å². The van der Waals surface area contributed by atoms with Crippen LogP contribution in [0.5, 0.6) is 0 Å². The van der Waals surface area contributed by atoms with Crippen LogP contribution in [0.25, 0.3) is 11.0 Å². The van der Waals surface area contributed by atoms with E-state index in [1.165, 1.54) is 29.4 Å². The van der Waals surface area contributed by atoms with Crippen molar-refractivity contribution in [1.82, 2.24) is 14.5 Å². The Morgan fingerprint density at radius 2 is 2.12 bits per heavy atom. The van der Waals surface area contributed by atoms with E-state index in [1.807, 2.05) is 0 Å². The van der Waals surface area contributed by atoms with E-state index in [9.17, 15) is 0 Å². The van der Waals surface area contributed by atoms with Gasteiger partial charge in [0.05, 0.1) is 3.70 Å². The van der Waals surface area contributed by atoms with Gasteiger partial charge in [0.25, 0.3) is 0 Å². The van der Waals surface area contributed by atoms with Crippen molar-refractivity contribution in [2.24, 2.45) is 0 Å². The molecule has 0 unspecified atom stereocenters. The SMILES string of the molecule is Clc1ncc2cc(I)n(C3CCCC3)c2n1. The fraction of sp³-hybridized carbons (Fsp3) is 0.455. The van der Waals surface area contributed by atoms with Gasteiger partial charge >= 0.3 is 0 Å². The molecule has 1 aliphatic carbocycles. The van der Waals surface area contributed by atoms with E-state index in [0.717, 1.165) is 11.0 Å². The molecule has 0 aromatic carbocycles. The lowest BCUT2D eigenvalue weighted by molar-refractivity contribution is 0.523. The van der Waals surface area contributed by atoms with Gasteiger partial charge in [-0.1, -0.05) is 12.8 Å². The lowest BCUT2D eigenvalue weighted by atomic mass is 10.2. The summed E-state index contributed by atoms with van der Waals surface area (Å²) in [6, 6.07) is 2.72. The summed E-state index contributed by atoms with van der Waals surface area (Å²) in [6.45, 7) is 0. The van der Waals surface area contributed by atoms with Crippen LogP contribution in [0.15, 0.2) is 12.3 Å². The highest BCUT2D eigenvalue weighted by molar-refractivity contribution is 14.1. The normalized spacial score (nSPS) is 17.4. The molecule has 2 aromatic rings. The highest BCUT2D eigenvalue weighted by atomic mass is 127. The third kappa shape index (κ3) is 1.72. The Kier molecular flexibility index (Phi) is 2.79. The molecule has 84 valence electrons. The second kappa shape index (κ2) is 4.14. The maximum atomic E-state index is 5.87. The second-order valence-electron chi connectivity index (χ2n) is 4.19. The van der Waals surface area contributed by atoms with Gasteiger partial charge in [-0.05, 0) is 53.1 Å². The van der Waals surface area contributed by atoms with Crippen molar-refractivity contribution in [1.29, 1.82) is 0 Å². The number of nitrogens with zero attached hydrogens (tertiary/aromatic N) is 3.